The molecule has 1 heterocycles. The third-order valence-electron chi connectivity index (χ3n) is 4.22. The summed E-state index contributed by atoms with van der Waals surface area (Å²) in [5.74, 6) is 1.47. The lowest BCUT2D eigenvalue weighted by molar-refractivity contribution is -0.138. The van der Waals surface area contributed by atoms with Crippen molar-refractivity contribution < 1.29 is 14.0 Å². The van der Waals surface area contributed by atoms with Crippen LogP contribution in [0.1, 0.15) is 12.0 Å². The number of hydrogen-bond acceptors (Lipinski definition) is 3. The van der Waals surface area contributed by atoms with E-state index in [4.69, 9.17) is 18.0 Å². The van der Waals surface area contributed by atoms with E-state index in [0.717, 1.165) is 0 Å². The summed E-state index contributed by atoms with van der Waals surface area (Å²) in [5.41, 5.74) is 0.313. The minimum Gasteiger partial charge on any atom is -0.353 e. The highest BCUT2D eigenvalue weighted by Gasteiger charge is 2.33. The fraction of sp³-hybridized carbons (Fsp3) is 0.368. The maximum atomic E-state index is 14.1. The summed E-state index contributed by atoms with van der Waals surface area (Å²) in [7, 11) is 0. The van der Waals surface area contributed by atoms with E-state index in [9.17, 15) is 14.0 Å². The number of carbonyl (C=O) groups excluding carboxylic acids is 2. The van der Waals surface area contributed by atoms with E-state index < -0.39 is 11.9 Å². The number of hydrogen-bond donors (Lipinski definition) is 1. The smallest absolute Gasteiger partial charge is 0.237 e. The van der Waals surface area contributed by atoms with Crippen LogP contribution in [0, 0.1) is 18.2 Å². The summed E-state index contributed by atoms with van der Waals surface area (Å²) in [5, 5.41) is 3.04. The Bertz CT molecular complexity index is 712. The Morgan fingerprint density at radius 3 is 3.00 bits per heavy atom. The molecule has 1 aromatic rings. The molecule has 5 nitrogen and oxygen atoms in total. The number of piperazine rings is 1. The quantitative estimate of drug-likeness (QED) is 0.582. The zero-order valence-electron chi connectivity index (χ0n) is 14.4. The van der Waals surface area contributed by atoms with Crippen LogP contribution < -0.4 is 5.32 Å². The number of nitrogens with zero attached hydrogens (tertiary/aromatic N) is 2. The lowest BCUT2D eigenvalue weighted by Gasteiger charge is -2.35. The highest BCUT2D eigenvalue weighted by molar-refractivity contribution is 6.31. The molecule has 0 aromatic heterocycles. The van der Waals surface area contributed by atoms with Crippen molar-refractivity contribution in [2.24, 2.45) is 0 Å². The number of rotatable bonds is 7. The van der Waals surface area contributed by atoms with Crippen molar-refractivity contribution in [1.29, 1.82) is 0 Å². The summed E-state index contributed by atoms with van der Waals surface area (Å²) in [4.78, 5) is 28.1. The Labute approximate surface area is 157 Å². The number of nitrogens with one attached hydrogen (secondary N) is 1. The van der Waals surface area contributed by atoms with E-state index in [-0.39, 0.29) is 31.3 Å². The second-order valence-electron chi connectivity index (χ2n) is 5.95. The van der Waals surface area contributed by atoms with Crippen LogP contribution in [0.3, 0.4) is 0 Å². The van der Waals surface area contributed by atoms with Gasteiger partial charge in [0, 0.05) is 36.8 Å². The summed E-state index contributed by atoms with van der Waals surface area (Å²) in [6.07, 6.45) is 6.82. The number of halogens is 2. The van der Waals surface area contributed by atoms with Gasteiger partial charge in [-0.2, -0.15) is 0 Å². The first-order valence-electron chi connectivity index (χ1n) is 8.24. The molecule has 0 unspecified atom stereocenters. The van der Waals surface area contributed by atoms with Gasteiger partial charge in [-0.3, -0.25) is 14.5 Å². The molecule has 138 valence electrons. The molecule has 1 fully saturated rings. The monoisotopic (exact) mass is 377 g/mol. The summed E-state index contributed by atoms with van der Waals surface area (Å²) in [6.45, 7) is 5.11. The van der Waals surface area contributed by atoms with Crippen LogP contribution in [0.5, 0.6) is 0 Å². The van der Waals surface area contributed by atoms with Gasteiger partial charge in [0.15, 0.2) is 0 Å². The van der Waals surface area contributed by atoms with Gasteiger partial charge < -0.3 is 10.2 Å². The molecule has 1 saturated heterocycles. The molecule has 2 amide bonds. The third-order valence-corrected chi connectivity index (χ3v) is 4.57. The Morgan fingerprint density at radius 1 is 1.58 bits per heavy atom. The average molecular weight is 378 g/mol. The minimum atomic E-state index is -0.711. The van der Waals surface area contributed by atoms with E-state index in [1.54, 1.807) is 17.0 Å². The lowest BCUT2D eigenvalue weighted by Crippen LogP contribution is -2.56. The van der Waals surface area contributed by atoms with E-state index in [1.165, 1.54) is 17.0 Å². The zero-order chi connectivity index (χ0) is 19.1. The van der Waals surface area contributed by atoms with E-state index in [2.05, 4.69) is 17.8 Å². The average Bonchev–Trinajstić information content (AvgIpc) is 2.60. The normalized spacial score (nSPS) is 17.3. The highest BCUT2D eigenvalue weighted by atomic mass is 35.5. The van der Waals surface area contributed by atoms with Gasteiger partial charge in [-0.05, 0) is 12.1 Å². The molecule has 0 aliphatic carbocycles. The van der Waals surface area contributed by atoms with E-state index in [0.29, 0.717) is 30.2 Å². The van der Waals surface area contributed by atoms with Crippen molar-refractivity contribution in [3.63, 3.8) is 0 Å². The SMILES string of the molecule is C#CCN(CC=C)C(=O)C[C@@H]1C(=O)NCCN1Cc1c(F)cccc1Cl. The Hall–Kier alpha value is -2.36. The van der Waals surface area contributed by atoms with E-state index in [1.807, 2.05) is 0 Å². The Kier molecular flexibility index (Phi) is 7.19. The Morgan fingerprint density at radius 2 is 2.35 bits per heavy atom. The van der Waals surface area contributed by atoms with Crippen LogP contribution >= 0.6 is 11.6 Å². The molecule has 1 N–H and O–H groups in total. The van der Waals surface area contributed by atoms with Crippen molar-refractivity contribution >= 4 is 23.4 Å². The molecule has 7 heteroatoms. The zero-order valence-corrected chi connectivity index (χ0v) is 15.1. The number of benzene rings is 1. The summed E-state index contributed by atoms with van der Waals surface area (Å²) < 4.78 is 14.1. The van der Waals surface area contributed by atoms with Crippen LogP contribution in [-0.4, -0.2) is 53.8 Å². The molecule has 2 rings (SSSR count). The summed E-state index contributed by atoms with van der Waals surface area (Å²) in [6, 6.07) is 3.74. The molecule has 0 radical (unpaired) electrons. The van der Waals surface area contributed by atoms with Crippen LogP contribution in [0.15, 0.2) is 30.9 Å². The topological polar surface area (TPSA) is 52.7 Å². The highest BCUT2D eigenvalue weighted by Crippen LogP contribution is 2.23. The van der Waals surface area contributed by atoms with Gasteiger partial charge in [0.05, 0.1) is 19.0 Å². The van der Waals surface area contributed by atoms with Crippen molar-refractivity contribution in [3.8, 4) is 12.3 Å². The van der Waals surface area contributed by atoms with Crippen LogP contribution in [0.4, 0.5) is 4.39 Å². The molecule has 1 aliphatic heterocycles. The van der Waals surface area contributed by atoms with Gasteiger partial charge in [-0.1, -0.05) is 29.7 Å². The van der Waals surface area contributed by atoms with Crippen molar-refractivity contribution in [2.45, 2.75) is 19.0 Å². The predicted molar refractivity (Wildman–Crippen MR) is 98.8 cm³/mol. The lowest BCUT2D eigenvalue weighted by atomic mass is 10.1. The molecular weight excluding hydrogens is 357 g/mol. The van der Waals surface area contributed by atoms with Crippen LogP contribution in [0.2, 0.25) is 5.02 Å². The van der Waals surface area contributed by atoms with Gasteiger partial charge in [0.2, 0.25) is 11.8 Å². The maximum absolute atomic E-state index is 14.1. The molecule has 1 aliphatic rings. The van der Waals surface area contributed by atoms with Gasteiger partial charge in [0.1, 0.15) is 5.82 Å². The first-order chi connectivity index (χ1) is 12.5. The largest absolute Gasteiger partial charge is 0.353 e. The van der Waals surface area contributed by atoms with Crippen molar-refractivity contribution in [2.75, 3.05) is 26.2 Å². The molecule has 1 atom stereocenters. The number of terminal acetylenes is 1. The fourth-order valence-electron chi connectivity index (χ4n) is 2.87. The minimum absolute atomic E-state index is 0.0482. The second kappa shape index (κ2) is 9.37. The van der Waals surface area contributed by atoms with E-state index >= 15 is 0 Å². The Balaban J connectivity index is 2.17. The van der Waals surface area contributed by atoms with Crippen molar-refractivity contribution in [3.05, 3.63) is 47.3 Å². The van der Waals surface area contributed by atoms with Gasteiger partial charge in [-0.25, -0.2) is 4.39 Å². The molecule has 0 bridgehead atoms. The first-order valence-corrected chi connectivity index (χ1v) is 8.62. The third kappa shape index (κ3) is 4.84. The first kappa shape index (κ1) is 20.0. The molecular formula is C19H21ClFN3O2. The van der Waals surface area contributed by atoms with Crippen LogP contribution in [-0.2, 0) is 16.1 Å². The summed E-state index contributed by atoms with van der Waals surface area (Å²) >= 11 is 6.10. The van der Waals surface area contributed by atoms with Gasteiger partial charge >= 0.3 is 0 Å². The predicted octanol–water partition coefficient (Wildman–Crippen LogP) is 1.82. The van der Waals surface area contributed by atoms with Gasteiger partial charge in [0.25, 0.3) is 0 Å². The molecule has 0 spiro atoms. The molecule has 26 heavy (non-hydrogen) atoms. The second-order valence-corrected chi connectivity index (χ2v) is 6.36. The van der Waals surface area contributed by atoms with Crippen molar-refractivity contribution in [1.82, 2.24) is 15.1 Å². The maximum Gasteiger partial charge on any atom is 0.237 e. The van der Waals surface area contributed by atoms with Gasteiger partial charge in [-0.15, -0.1) is 13.0 Å². The standard InChI is InChI=1S/C19H21ClFN3O2/c1-3-9-23(10-4-2)18(25)12-17-19(26)22-8-11-24(17)13-14-15(20)6-5-7-16(14)21/h1,4-7,17H,2,8-13H2,(H,22,26)/t17-/m1/s1. The number of amides is 2. The fourth-order valence-corrected chi connectivity index (χ4v) is 3.10. The molecule has 0 saturated carbocycles. The number of carbonyl (C=O) groups is 2. The molecule has 1 aromatic carbocycles. The van der Waals surface area contributed by atoms with Crippen LogP contribution in [0.25, 0.3) is 0 Å².